The number of anilines is 1. The van der Waals surface area contributed by atoms with E-state index in [0.29, 0.717) is 0 Å². The van der Waals surface area contributed by atoms with Gasteiger partial charge in [0, 0.05) is 25.9 Å². The summed E-state index contributed by atoms with van der Waals surface area (Å²) in [4.78, 5) is 6.23. The molecule has 84 valence electrons. The average Bonchev–Trinajstić information content (AvgIpc) is 2.19. The van der Waals surface area contributed by atoms with Gasteiger partial charge in [-0.2, -0.15) is 0 Å². The minimum absolute atomic E-state index is 1.09. The molecular weight excluding hydrogens is 184 g/mol. The monoisotopic (exact) mass is 206 g/mol. The molecule has 0 saturated heterocycles. The first-order valence-corrected chi connectivity index (χ1v) is 5.32. The molecule has 1 aromatic rings. The molecule has 0 radical (unpaired) electrons. The van der Waals surface area contributed by atoms with Gasteiger partial charge in [0.1, 0.15) is 0 Å². The molecule has 15 heavy (non-hydrogen) atoms. The summed E-state index contributed by atoms with van der Waals surface area (Å²) in [7, 11) is 4.03. The van der Waals surface area contributed by atoms with Crippen LogP contribution in [0.1, 0.15) is 31.9 Å². The van der Waals surface area contributed by atoms with E-state index in [0.717, 1.165) is 11.3 Å². The summed E-state index contributed by atoms with van der Waals surface area (Å²) in [6.45, 7) is 12.1. The molecule has 1 heterocycles. The third-order valence-electron chi connectivity index (χ3n) is 2.02. The predicted octanol–water partition coefficient (Wildman–Crippen LogP) is 3.52. The van der Waals surface area contributed by atoms with Crippen molar-refractivity contribution in [1.82, 2.24) is 4.98 Å². The molecule has 0 aliphatic rings. The van der Waals surface area contributed by atoms with Gasteiger partial charge in [-0.25, -0.2) is 0 Å². The van der Waals surface area contributed by atoms with Gasteiger partial charge in [0.15, 0.2) is 0 Å². The average molecular weight is 206 g/mol. The Morgan fingerprint density at radius 1 is 1.27 bits per heavy atom. The Hall–Kier alpha value is -1.31. The SMILES string of the molecule is C=C(C)c1c(C)cncc1N(C)C.CC. The summed E-state index contributed by atoms with van der Waals surface area (Å²) in [5.41, 5.74) is 4.61. The van der Waals surface area contributed by atoms with Crippen molar-refractivity contribution in [2.24, 2.45) is 0 Å². The first-order valence-electron chi connectivity index (χ1n) is 5.32. The fourth-order valence-corrected chi connectivity index (χ4v) is 1.45. The van der Waals surface area contributed by atoms with E-state index in [1.165, 1.54) is 11.1 Å². The van der Waals surface area contributed by atoms with Gasteiger partial charge in [0.05, 0.1) is 11.9 Å². The third kappa shape index (κ3) is 3.39. The molecule has 0 fully saturated rings. The molecule has 0 amide bonds. The highest BCUT2D eigenvalue weighted by molar-refractivity contribution is 5.75. The lowest BCUT2D eigenvalue weighted by Gasteiger charge is -2.18. The zero-order valence-electron chi connectivity index (χ0n) is 10.8. The van der Waals surface area contributed by atoms with Crippen molar-refractivity contribution >= 4 is 11.3 Å². The van der Waals surface area contributed by atoms with Crippen molar-refractivity contribution in [2.75, 3.05) is 19.0 Å². The smallest absolute Gasteiger partial charge is 0.0626 e. The predicted molar refractivity (Wildman–Crippen MR) is 69.4 cm³/mol. The third-order valence-corrected chi connectivity index (χ3v) is 2.02. The number of rotatable bonds is 2. The Kier molecular flexibility index (Phi) is 5.68. The molecular formula is C13H22N2. The summed E-state index contributed by atoms with van der Waals surface area (Å²) in [5.74, 6) is 0. The summed E-state index contributed by atoms with van der Waals surface area (Å²) in [6.07, 6.45) is 3.74. The van der Waals surface area contributed by atoms with Crippen molar-refractivity contribution in [2.45, 2.75) is 27.7 Å². The van der Waals surface area contributed by atoms with Crippen LogP contribution in [0, 0.1) is 6.92 Å². The van der Waals surface area contributed by atoms with Crippen LogP contribution in [0.2, 0.25) is 0 Å². The van der Waals surface area contributed by atoms with Crippen LogP contribution in [0.4, 0.5) is 5.69 Å². The normalized spacial score (nSPS) is 8.93. The second-order valence-electron chi connectivity index (χ2n) is 3.53. The highest BCUT2D eigenvalue weighted by Gasteiger charge is 2.07. The van der Waals surface area contributed by atoms with Crippen molar-refractivity contribution in [3.05, 3.63) is 30.1 Å². The minimum Gasteiger partial charge on any atom is -0.376 e. The number of nitrogens with zero attached hydrogens (tertiary/aromatic N) is 2. The number of pyridine rings is 1. The number of aryl methyl sites for hydroxylation is 1. The lowest BCUT2D eigenvalue weighted by molar-refractivity contribution is 1.09. The quantitative estimate of drug-likeness (QED) is 0.736. The van der Waals surface area contributed by atoms with Gasteiger partial charge in [-0.1, -0.05) is 20.4 Å². The van der Waals surface area contributed by atoms with Crippen LogP contribution in [0.3, 0.4) is 0 Å². The lowest BCUT2D eigenvalue weighted by Crippen LogP contribution is -2.12. The van der Waals surface area contributed by atoms with E-state index in [2.05, 4.69) is 23.4 Å². The molecule has 2 heteroatoms. The highest BCUT2D eigenvalue weighted by Crippen LogP contribution is 2.26. The van der Waals surface area contributed by atoms with Crippen molar-refractivity contribution in [1.29, 1.82) is 0 Å². The Morgan fingerprint density at radius 3 is 2.13 bits per heavy atom. The first kappa shape index (κ1) is 13.7. The standard InChI is InChI=1S/C11H16N2.C2H6/c1-8(2)11-9(3)6-12-7-10(11)13(4)5;1-2/h6-7H,1H2,2-5H3;1-2H3. The number of hydrogen-bond donors (Lipinski definition) is 0. The van der Waals surface area contributed by atoms with Crippen LogP contribution < -0.4 is 4.90 Å². The van der Waals surface area contributed by atoms with Crippen LogP contribution in [0.5, 0.6) is 0 Å². The molecule has 0 aliphatic heterocycles. The molecule has 1 aromatic heterocycles. The van der Waals surface area contributed by atoms with E-state index < -0.39 is 0 Å². The van der Waals surface area contributed by atoms with E-state index in [1.54, 1.807) is 0 Å². The second kappa shape index (κ2) is 6.23. The maximum atomic E-state index is 4.17. The van der Waals surface area contributed by atoms with Gasteiger partial charge in [0.2, 0.25) is 0 Å². The maximum absolute atomic E-state index is 4.17. The van der Waals surface area contributed by atoms with Crippen LogP contribution in [0.25, 0.3) is 5.57 Å². The van der Waals surface area contributed by atoms with Gasteiger partial charge < -0.3 is 4.90 Å². The van der Waals surface area contributed by atoms with Crippen molar-refractivity contribution in [3.8, 4) is 0 Å². The van der Waals surface area contributed by atoms with Gasteiger partial charge in [0.25, 0.3) is 0 Å². The van der Waals surface area contributed by atoms with Gasteiger partial charge in [-0.15, -0.1) is 0 Å². The molecule has 2 nitrogen and oxygen atoms in total. The van der Waals surface area contributed by atoms with Crippen LogP contribution in [0.15, 0.2) is 19.0 Å². The largest absolute Gasteiger partial charge is 0.376 e. The lowest BCUT2D eigenvalue weighted by atomic mass is 10.0. The second-order valence-corrected chi connectivity index (χ2v) is 3.53. The highest BCUT2D eigenvalue weighted by atomic mass is 15.1. The molecule has 1 rings (SSSR count). The molecule has 0 spiro atoms. The Balaban J connectivity index is 0.000000921. The first-order chi connectivity index (χ1) is 7.04. The number of aromatic nitrogens is 1. The van der Waals surface area contributed by atoms with Crippen LogP contribution in [-0.2, 0) is 0 Å². The zero-order valence-corrected chi connectivity index (χ0v) is 10.8. The molecule has 0 bridgehead atoms. The fourth-order valence-electron chi connectivity index (χ4n) is 1.45. The Bertz CT molecular complexity index is 327. The van der Waals surface area contributed by atoms with Crippen LogP contribution >= 0.6 is 0 Å². The van der Waals surface area contributed by atoms with E-state index in [4.69, 9.17) is 0 Å². The fraction of sp³-hybridized carbons (Fsp3) is 0.462. The molecule has 0 unspecified atom stereocenters. The van der Waals surface area contributed by atoms with Crippen molar-refractivity contribution in [3.63, 3.8) is 0 Å². The van der Waals surface area contributed by atoms with E-state index >= 15 is 0 Å². The maximum Gasteiger partial charge on any atom is 0.0626 e. The number of hydrogen-bond acceptors (Lipinski definition) is 2. The summed E-state index contributed by atoms with van der Waals surface area (Å²) < 4.78 is 0. The molecule has 0 aliphatic carbocycles. The summed E-state index contributed by atoms with van der Waals surface area (Å²) in [6, 6.07) is 0. The Labute approximate surface area is 93.6 Å². The Morgan fingerprint density at radius 2 is 1.80 bits per heavy atom. The van der Waals surface area contributed by atoms with Crippen LogP contribution in [-0.4, -0.2) is 19.1 Å². The van der Waals surface area contributed by atoms with E-state index in [1.807, 2.05) is 47.3 Å². The summed E-state index contributed by atoms with van der Waals surface area (Å²) in [5, 5.41) is 0. The van der Waals surface area contributed by atoms with Crippen molar-refractivity contribution < 1.29 is 0 Å². The topological polar surface area (TPSA) is 16.1 Å². The zero-order chi connectivity index (χ0) is 12.0. The van der Waals surface area contributed by atoms with Gasteiger partial charge >= 0.3 is 0 Å². The minimum atomic E-state index is 1.09. The summed E-state index contributed by atoms with van der Waals surface area (Å²) >= 11 is 0. The molecule has 0 aromatic carbocycles. The van der Waals surface area contributed by atoms with Gasteiger partial charge in [-0.05, 0) is 25.0 Å². The number of allylic oxidation sites excluding steroid dienone is 1. The van der Waals surface area contributed by atoms with E-state index in [-0.39, 0.29) is 0 Å². The molecule has 0 atom stereocenters. The van der Waals surface area contributed by atoms with Gasteiger partial charge in [-0.3, -0.25) is 4.98 Å². The molecule has 0 saturated carbocycles. The molecule has 0 N–H and O–H groups in total. The van der Waals surface area contributed by atoms with E-state index in [9.17, 15) is 0 Å².